The van der Waals surface area contributed by atoms with Crippen LogP contribution in [0.3, 0.4) is 0 Å². The largest absolute Gasteiger partial charge is 0.508 e. The van der Waals surface area contributed by atoms with Gasteiger partial charge < -0.3 is 14.9 Å². The number of carbonyl (C=O) groups excluding carboxylic acids is 1. The molecule has 130 valence electrons. The molecule has 0 saturated carbocycles. The van der Waals surface area contributed by atoms with E-state index in [1.54, 1.807) is 13.0 Å². The standard InChI is InChI=1S/C16H15N3O6/c1-2-25-15-6-3-10(7-13(15)19(23)24)9-17-18-16(22)12-5-4-11(20)8-14(12)21/h3-9,20-21H,2H2,1H3,(H,18,22)/b17-9+. The van der Waals surface area contributed by atoms with Gasteiger partial charge in [0.05, 0.1) is 23.3 Å². The van der Waals surface area contributed by atoms with Gasteiger partial charge in [-0.05, 0) is 31.2 Å². The molecule has 0 fully saturated rings. The molecular formula is C16H15N3O6. The molecule has 0 heterocycles. The number of benzene rings is 2. The first-order chi connectivity index (χ1) is 11.9. The first-order valence-corrected chi connectivity index (χ1v) is 7.19. The van der Waals surface area contributed by atoms with Gasteiger partial charge in [0.25, 0.3) is 5.91 Å². The maximum absolute atomic E-state index is 11.9. The lowest BCUT2D eigenvalue weighted by atomic mass is 10.2. The summed E-state index contributed by atoms with van der Waals surface area (Å²) < 4.78 is 5.17. The zero-order valence-electron chi connectivity index (χ0n) is 13.2. The van der Waals surface area contributed by atoms with E-state index in [9.17, 15) is 25.1 Å². The van der Waals surface area contributed by atoms with Crippen LogP contribution in [0, 0.1) is 10.1 Å². The summed E-state index contributed by atoms with van der Waals surface area (Å²) >= 11 is 0. The molecule has 0 aromatic heterocycles. The Labute approximate surface area is 142 Å². The molecule has 1 amide bonds. The second kappa shape index (κ2) is 7.77. The molecule has 0 aliphatic carbocycles. The number of nitro benzene ring substituents is 1. The Morgan fingerprint density at radius 1 is 1.32 bits per heavy atom. The molecule has 25 heavy (non-hydrogen) atoms. The first-order valence-electron chi connectivity index (χ1n) is 7.19. The zero-order chi connectivity index (χ0) is 18.4. The summed E-state index contributed by atoms with van der Waals surface area (Å²) in [5.74, 6) is -1.14. The molecule has 0 aliphatic rings. The van der Waals surface area contributed by atoms with E-state index < -0.39 is 16.6 Å². The third-order valence-electron chi connectivity index (χ3n) is 3.09. The van der Waals surface area contributed by atoms with E-state index in [0.29, 0.717) is 12.2 Å². The Morgan fingerprint density at radius 2 is 2.08 bits per heavy atom. The fourth-order valence-corrected chi connectivity index (χ4v) is 1.97. The Bertz CT molecular complexity index is 835. The number of phenolic OH excluding ortho intramolecular Hbond substituents is 2. The number of rotatable bonds is 6. The monoisotopic (exact) mass is 345 g/mol. The third kappa shape index (κ3) is 4.44. The average Bonchev–Trinajstić information content (AvgIpc) is 2.56. The van der Waals surface area contributed by atoms with Crippen LogP contribution in [0.15, 0.2) is 41.5 Å². The van der Waals surface area contributed by atoms with Crippen molar-refractivity contribution in [3.8, 4) is 17.2 Å². The molecule has 0 aliphatic heterocycles. The number of carbonyl (C=O) groups is 1. The zero-order valence-corrected chi connectivity index (χ0v) is 13.2. The predicted octanol–water partition coefficient (Wildman–Crippen LogP) is 2.17. The number of nitrogens with zero attached hydrogens (tertiary/aromatic N) is 2. The summed E-state index contributed by atoms with van der Waals surface area (Å²) in [5.41, 5.74) is 2.27. The van der Waals surface area contributed by atoms with Crippen molar-refractivity contribution in [2.45, 2.75) is 6.92 Å². The van der Waals surface area contributed by atoms with E-state index in [1.165, 1.54) is 30.5 Å². The highest BCUT2D eigenvalue weighted by molar-refractivity contribution is 5.97. The molecular weight excluding hydrogens is 330 g/mol. The van der Waals surface area contributed by atoms with Gasteiger partial charge in [-0.1, -0.05) is 0 Å². The molecule has 3 N–H and O–H groups in total. The molecule has 0 spiro atoms. The minimum Gasteiger partial charge on any atom is -0.508 e. The van der Waals surface area contributed by atoms with Crippen LogP contribution in [-0.4, -0.2) is 33.9 Å². The average molecular weight is 345 g/mol. The summed E-state index contributed by atoms with van der Waals surface area (Å²) in [6, 6.07) is 7.75. The third-order valence-corrected chi connectivity index (χ3v) is 3.09. The Morgan fingerprint density at radius 3 is 2.72 bits per heavy atom. The van der Waals surface area contributed by atoms with Gasteiger partial charge >= 0.3 is 5.69 Å². The number of phenols is 2. The van der Waals surface area contributed by atoms with E-state index in [1.807, 2.05) is 0 Å². The number of nitro groups is 1. The molecule has 2 aromatic carbocycles. The van der Waals surface area contributed by atoms with Crippen LogP contribution >= 0.6 is 0 Å². The van der Waals surface area contributed by atoms with Crippen LogP contribution in [0.4, 0.5) is 5.69 Å². The molecule has 2 aromatic rings. The van der Waals surface area contributed by atoms with Gasteiger partial charge in [-0.15, -0.1) is 0 Å². The first kappa shape index (κ1) is 17.7. The number of nitrogens with one attached hydrogen (secondary N) is 1. The van der Waals surface area contributed by atoms with Crippen LogP contribution in [0.1, 0.15) is 22.8 Å². The van der Waals surface area contributed by atoms with Crippen LogP contribution in [0.5, 0.6) is 17.2 Å². The minimum atomic E-state index is -0.700. The molecule has 0 saturated heterocycles. The lowest BCUT2D eigenvalue weighted by Gasteiger charge is -2.05. The molecule has 0 atom stereocenters. The van der Waals surface area contributed by atoms with Crippen LogP contribution in [0.2, 0.25) is 0 Å². The van der Waals surface area contributed by atoms with Crippen molar-refractivity contribution in [2.24, 2.45) is 5.10 Å². The van der Waals surface area contributed by atoms with E-state index in [2.05, 4.69) is 10.5 Å². The number of amides is 1. The molecule has 9 heteroatoms. The van der Waals surface area contributed by atoms with Crippen molar-refractivity contribution in [1.29, 1.82) is 0 Å². The minimum absolute atomic E-state index is 0.0763. The topological polar surface area (TPSA) is 134 Å². The van der Waals surface area contributed by atoms with E-state index in [4.69, 9.17) is 4.74 Å². The molecule has 9 nitrogen and oxygen atoms in total. The maximum atomic E-state index is 11.9. The quantitative estimate of drug-likeness (QED) is 0.417. The van der Waals surface area contributed by atoms with Gasteiger partial charge in [0.2, 0.25) is 0 Å². The summed E-state index contributed by atoms with van der Waals surface area (Å²) in [7, 11) is 0. The van der Waals surface area contributed by atoms with Crippen molar-refractivity contribution >= 4 is 17.8 Å². The fraction of sp³-hybridized carbons (Fsp3) is 0.125. The van der Waals surface area contributed by atoms with E-state index in [-0.39, 0.29) is 22.7 Å². The second-order valence-corrected chi connectivity index (χ2v) is 4.82. The number of aromatic hydroxyl groups is 2. The van der Waals surface area contributed by atoms with Crippen molar-refractivity contribution < 1.29 is 24.7 Å². The number of hydrogen-bond acceptors (Lipinski definition) is 7. The van der Waals surface area contributed by atoms with E-state index >= 15 is 0 Å². The van der Waals surface area contributed by atoms with Crippen molar-refractivity contribution in [3.05, 3.63) is 57.6 Å². The van der Waals surface area contributed by atoms with Gasteiger partial charge in [-0.25, -0.2) is 5.43 Å². The normalized spacial score (nSPS) is 10.6. The highest BCUT2D eigenvalue weighted by Crippen LogP contribution is 2.27. The van der Waals surface area contributed by atoms with Gasteiger partial charge in [0.1, 0.15) is 11.5 Å². The lowest BCUT2D eigenvalue weighted by Crippen LogP contribution is -2.17. The SMILES string of the molecule is CCOc1ccc(/C=N/NC(=O)c2ccc(O)cc2O)cc1[N+](=O)[O-]. The van der Waals surface area contributed by atoms with Crippen molar-refractivity contribution in [2.75, 3.05) is 6.61 Å². The Balaban J connectivity index is 2.12. The second-order valence-electron chi connectivity index (χ2n) is 4.82. The predicted molar refractivity (Wildman–Crippen MR) is 89.1 cm³/mol. The van der Waals surface area contributed by atoms with Crippen LogP contribution in [0.25, 0.3) is 0 Å². The van der Waals surface area contributed by atoms with E-state index in [0.717, 1.165) is 6.07 Å². The fourth-order valence-electron chi connectivity index (χ4n) is 1.97. The van der Waals surface area contributed by atoms with Gasteiger partial charge in [0, 0.05) is 17.7 Å². The van der Waals surface area contributed by atoms with Crippen LogP contribution in [-0.2, 0) is 0 Å². The molecule has 2 rings (SSSR count). The smallest absolute Gasteiger partial charge is 0.311 e. The Kier molecular flexibility index (Phi) is 5.51. The van der Waals surface area contributed by atoms with Gasteiger partial charge in [0.15, 0.2) is 5.75 Å². The number of hydrazone groups is 1. The van der Waals surface area contributed by atoms with Crippen molar-refractivity contribution in [3.63, 3.8) is 0 Å². The molecule has 0 unspecified atom stereocenters. The molecule has 0 radical (unpaired) electrons. The highest BCUT2D eigenvalue weighted by Gasteiger charge is 2.15. The highest BCUT2D eigenvalue weighted by atomic mass is 16.6. The summed E-state index contributed by atoms with van der Waals surface area (Å²) in [5, 5.41) is 33.5. The van der Waals surface area contributed by atoms with Crippen LogP contribution < -0.4 is 10.2 Å². The van der Waals surface area contributed by atoms with Gasteiger partial charge in [-0.3, -0.25) is 14.9 Å². The summed E-state index contributed by atoms with van der Waals surface area (Å²) in [6.07, 6.45) is 1.22. The van der Waals surface area contributed by atoms with Crippen molar-refractivity contribution in [1.82, 2.24) is 5.43 Å². The summed E-state index contributed by atoms with van der Waals surface area (Å²) in [4.78, 5) is 22.4. The Hall–Kier alpha value is -3.62. The number of hydrogen-bond donors (Lipinski definition) is 3. The molecule has 0 bridgehead atoms. The lowest BCUT2D eigenvalue weighted by molar-refractivity contribution is -0.385. The summed E-state index contributed by atoms with van der Waals surface area (Å²) in [6.45, 7) is 2.01. The number of ether oxygens (including phenoxy) is 1. The van der Waals surface area contributed by atoms with Gasteiger partial charge in [-0.2, -0.15) is 5.10 Å². The maximum Gasteiger partial charge on any atom is 0.311 e.